The second-order valence-corrected chi connectivity index (χ2v) is 2.84. The number of carbonyl (C=O) groups excluding carboxylic acids is 1. The second-order valence-electron chi connectivity index (χ2n) is 2.84. The van der Waals surface area contributed by atoms with E-state index in [0.717, 1.165) is 12.1 Å². The van der Waals surface area contributed by atoms with Gasteiger partial charge in [-0.3, -0.25) is 0 Å². The second kappa shape index (κ2) is 4.30. The highest BCUT2D eigenvalue weighted by Gasteiger charge is 2.41. The lowest BCUT2D eigenvalue weighted by Crippen LogP contribution is -2.46. The van der Waals surface area contributed by atoms with Crippen LogP contribution in [0.5, 0.6) is 5.75 Å². The molecule has 1 aromatic rings. The van der Waals surface area contributed by atoms with Crippen molar-refractivity contribution in [2.24, 2.45) is 5.73 Å². The van der Waals surface area contributed by atoms with Gasteiger partial charge >= 0.3 is 12.3 Å². The third kappa shape index (κ3) is 2.56. The zero-order chi connectivity index (χ0) is 12.3. The number of hydrogen-bond acceptors (Lipinski definition) is 2. The summed E-state index contributed by atoms with van der Waals surface area (Å²) in [4.78, 5) is 10.2. The number of methoxy groups -OCH3 is 1. The molecule has 0 fully saturated rings. The van der Waals surface area contributed by atoms with Gasteiger partial charge in [-0.05, 0) is 24.3 Å². The van der Waals surface area contributed by atoms with E-state index in [1.165, 1.54) is 19.2 Å². The first-order valence-corrected chi connectivity index (χ1v) is 4.16. The van der Waals surface area contributed by atoms with Crippen molar-refractivity contribution in [3.63, 3.8) is 0 Å². The fraction of sp³-hybridized carbons (Fsp3) is 0.222. The normalized spacial score (nSPS) is 11.0. The average Bonchev–Trinajstić information content (AvgIpc) is 2.16. The van der Waals surface area contributed by atoms with E-state index in [2.05, 4.69) is 5.73 Å². The Kier molecular flexibility index (Phi) is 3.26. The minimum Gasteiger partial charge on any atom is -0.497 e. The molecule has 0 heterocycles. The minimum atomic E-state index is -4.85. The van der Waals surface area contributed by atoms with Crippen molar-refractivity contribution < 1.29 is 22.7 Å². The first-order valence-electron chi connectivity index (χ1n) is 4.16. The molecule has 0 radical (unpaired) electrons. The summed E-state index contributed by atoms with van der Waals surface area (Å²) in [6.45, 7) is 0. The standard InChI is InChI=1S/C9H9F3N2O2/c1-16-7-4-2-6(3-5-7)14(8(13)15)9(10,11)12/h2-5H,1H3,(H2,13,15). The molecule has 0 aliphatic carbocycles. The lowest BCUT2D eigenvalue weighted by atomic mass is 10.3. The van der Waals surface area contributed by atoms with Crippen LogP contribution in [-0.4, -0.2) is 19.4 Å². The Balaban J connectivity index is 3.07. The number of nitrogens with zero attached hydrogens (tertiary/aromatic N) is 1. The van der Waals surface area contributed by atoms with Gasteiger partial charge in [0.2, 0.25) is 0 Å². The van der Waals surface area contributed by atoms with Gasteiger partial charge in [0.05, 0.1) is 12.8 Å². The fourth-order valence-corrected chi connectivity index (χ4v) is 1.13. The van der Waals surface area contributed by atoms with Crippen LogP contribution >= 0.6 is 0 Å². The minimum absolute atomic E-state index is 0.360. The van der Waals surface area contributed by atoms with Crippen molar-refractivity contribution in [1.29, 1.82) is 0 Å². The molecular formula is C9H9F3N2O2. The van der Waals surface area contributed by atoms with Crippen LogP contribution in [0.4, 0.5) is 23.7 Å². The molecule has 0 bridgehead atoms. The third-order valence-corrected chi connectivity index (χ3v) is 1.80. The van der Waals surface area contributed by atoms with Crippen LogP contribution in [0.3, 0.4) is 0 Å². The molecule has 0 atom stereocenters. The van der Waals surface area contributed by atoms with E-state index in [0.29, 0.717) is 5.75 Å². The third-order valence-electron chi connectivity index (χ3n) is 1.80. The maximum absolute atomic E-state index is 12.4. The maximum atomic E-state index is 12.4. The molecule has 16 heavy (non-hydrogen) atoms. The van der Waals surface area contributed by atoms with Crippen LogP contribution in [0, 0.1) is 0 Å². The molecule has 7 heteroatoms. The first-order chi connectivity index (χ1) is 7.36. The zero-order valence-electron chi connectivity index (χ0n) is 8.28. The lowest BCUT2D eigenvalue weighted by Gasteiger charge is -2.22. The highest BCUT2D eigenvalue weighted by molar-refractivity contribution is 5.91. The number of hydrogen-bond donors (Lipinski definition) is 1. The van der Waals surface area contributed by atoms with E-state index in [1.807, 2.05) is 0 Å². The predicted molar refractivity (Wildman–Crippen MR) is 51.1 cm³/mol. The Morgan fingerprint density at radius 1 is 1.31 bits per heavy atom. The van der Waals surface area contributed by atoms with Gasteiger partial charge in [-0.25, -0.2) is 9.69 Å². The van der Waals surface area contributed by atoms with Gasteiger partial charge in [-0.2, -0.15) is 0 Å². The van der Waals surface area contributed by atoms with Gasteiger partial charge in [0.25, 0.3) is 0 Å². The van der Waals surface area contributed by atoms with Crippen molar-refractivity contribution in [3.05, 3.63) is 24.3 Å². The quantitative estimate of drug-likeness (QED) is 0.796. The Labute approximate surface area is 89.4 Å². The van der Waals surface area contributed by atoms with Crippen LogP contribution in [-0.2, 0) is 0 Å². The van der Waals surface area contributed by atoms with Gasteiger partial charge in [-0.1, -0.05) is 0 Å². The topological polar surface area (TPSA) is 55.6 Å². The number of benzene rings is 1. The molecule has 2 N–H and O–H groups in total. The molecule has 88 valence electrons. The van der Waals surface area contributed by atoms with Crippen molar-refractivity contribution in [2.75, 3.05) is 12.0 Å². The lowest BCUT2D eigenvalue weighted by molar-refractivity contribution is -0.120. The van der Waals surface area contributed by atoms with E-state index in [9.17, 15) is 18.0 Å². The number of alkyl halides is 3. The number of rotatable bonds is 2. The van der Waals surface area contributed by atoms with Crippen LogP contribution in [0.25, 0.3) is 0 Å². The molecule has 1 rings (SSSR count). The molecule has 0 unspecified atom stereocenters. The number of ether oxygens (including phenoxy) is 1. The maximum Gasteiger partial charge on any atom is 0.493 e. The summed E-state index contributed by atoms with van der Waals surface area (Å²) < 4.78 is 42.1. The van der Waals surface area contributed by atoms with Crippen LogP contribution in [0.1, 0.15) is 0 Å². The first kappa shape index (κ1) is 12.2. The molecular weight excluding hydrogens is 225 g/mol. The van der Waals surface area contributed by atoms with E-state index >= 15 is 0 Å². The van der Waals surface area contributed by atoms with Gasteiger partial charge in [-0.15, -0.1) is 13.2 Å². The number of nitrogens with two attached hydrogens (primary N) is 1. The molecule has 0 spiro atoms. The summed E-state index contributed by atoms with van der Waals surface area (Å²) in [6, 6.07) is 3.21. The number of carbonyl (C=O) groups is 1. The summed E-state index contributed by atoms with van der Waals surface area (Å²) in [5.41, 5.74) is 4.30. The summed E-state index contributed by atoms with van der Waals surface area (Å²) in [5, 5.41) is 0. The van der Waals surface area contributed by atoms with Gasteiger partial charge in [0.15, 0.2) is 0 Å². The SMILES string of the molecule is COc1ccc(N(C(N)=O)C(F)(F)F)cc1. The monoisotopic (exact) mass is 234 g/mol. The summed E-state index contributed by atoms with van der Waals surface area (Å²) >= 11 is 0. The highest BCUT2D eigenvalue weighted by atomic mass is 19.4. The molecule has 1 aromatic carbocycles. The van der Waals surface area contributed by atoms with Gasteiger partial charge in [0, 0.05) is 0 Å². The number of anilines is 1. The highest BCUT2D eigenvalue weighted by Crippen LogP contribution is 2.29. The summed E-state index contributed by atoms with van der Waals surface area (Å²) in [7, 11) is 1.38. The Bertz CT molecular complexity index is 375. The molecule has 0 aliphatic heterocycles. The molecule has 0 saturated heterocycles. The number of amides is 2. The summed E-state index contributed by atoms with van der Waals surface area (Å²) in [5.74, 6) is 0.385. The van der Waals surface area contributed by atoms with E-state index in [1.54, 1.807) is 0 Å². The van der Waals surface area contributed by atoms with Gasteiger partial charge in [0.1, 0.15) is 5.75 Å². The van der Waals surface area contributed by atoms with Crippen molar-refractivity contribution >= 4 is 11.7 Å². The van der Waals surface area contributed by atoms with Crippen molar-refractivity contribution in [1.82, 2.24) is 0 Å². The summed E-state index contributed by atoms with van der Waals surface area (Å²) in [6.07, 6.45) is -4.85. The Hall–Kier alpha value is -1.92. The van der Waals surface area contributed by atoms with Crippen LogP contribution in [0.2, 0.25) is 0 Å². The number of urea groups is 1. The Morgan fingerprint density at radius 3 is 2.12 bits per heavy atom. The van der Waals surface area contributed by atoms with Crippen molar-refractivity contribution in [2.45, 2.75) is 6.30 Å². The Morgan fingerprint density at radius 2 is 1.81 bits per heavy atom. The van der Waals surface area contributed by atoms with E-state index in [4.69, 9.17) is 4.74 Å². The molecule has 0 aliphatic rings. The zero-order valence-corrected chi connectivity index (χ0v) is 8.28. The van der Waals surface area contributed by atoms with E-state index in [-0.39, 0.29) is 5.69 Å². The molecule has 0 saturated carbocycles. The molecule has 0 aromatic heterocycles. The van der Waals surface area contributed by atoms with Crippen LogP contribution in [0.15, 0.2) is 24.3 Å². The predicted octanol–water partition coefficient (Wildman–Crippen LogP) is 2.10. The number of halogens is 3. The number of primary amides is 1. The molecule has 2 amide bonds. The fourth-order valence-electron chi connectivity index (χ4n) is 1.13. The van der Waals surface area contributed by atoms with Crippen LogP contribution < -0.4 is 15.4 Å². The van der Waals surface area contributed by atoms with E-state index < -0.39 is 17.2 Å². The molecule has 4 nitrogen and oxygen atoms in total. The largest absolute Gasteiger partial charge is 0.497 e. The average molecular weight is 234 g/mol. The van der Waals surface area contributed by atoms with Crippen molar-refractivity contribution in [3.8, 4) is 5.75 Å². The smallest absolute Gasteiger partial charge is 0.493 e. The van der Waals surface area contributed by atoms with Gasteiger partial charge < -0.3 is 10.5 Å².